The van der Waals surface area contributed by atoms with E-state index in [1.165, 1.54) is 23.9 Å². The largest absolute Gasteiger partial charge is 0.431 e. The second kappa shape index (κ2) is 7.31. The van der Waals surface area contributed by atoms with E-state index in [0.717, 1.165) is 5.56 Å². The minimum atomic E-state index is -0.298. The average Bonchev–Trinajstić information content (AvgIpc) is 3.30. The van der Waals surface area contributed by atoms with Gasteiger partial charge in [-0.25, -0.2) is 9.37 Å². The molecule has 0 spiro atoms. The molecular formula is C18H11ClFN3O2S. The van der Waals surface area contributed by atoms with Gasteiger partial charge in [0.2, 0.25) is 11.7 Å². The van der Waals surface area contributed by atoms with Gasteiger partial charge in [0.1, 0.15) is 5.82 Å². The number of hydrogen-bond donors (Lipinski definition) is 0. The number of halogens is 2. The second-order valence-corrected chi connectivity index (χ2v) is 6.61. The average molecular weight is 388 g/mol. The highest BCUT2D eigenvalue weighted by molar-refractivity contribution is 7.98. The number of thioether (sulfide) groups is 1. The third kappa shape index (κ3) is 3.63. The summed E-state index contributed by atoms with van der Waals surface area (Å²) in [6.45, 7) is 0. The lowest BCUT2D eigenvalue weighted by Gasteiger charge is -1.96. The lowest BCUT2D eigenvalue weighted by Crippen LogP contribution is -1.83. The minimum absolute atomic E-state index is 0.298. The van der Waals surface area contributed by atoms with Crippen LogP contribution in [0.4, 0.5) is 4.39 Å². The Morgan fingerprint density at radius 2 is 1.88 bits per heavy atom. The van der Waals surface area contributed by atoms with Crippen LogP contribution in [0.2, 0.25) is 5.02 Å². The summed E-state index contributed by atoms with van der Waals surface area (Å²) < 4.78 is 23.9. The maximum atomic E-state index is 13.0. The molecular weight excluding hydrogens is 377 g/mol. The molecule has 0 saturated carbocycles. The fourth-order valence-electron chi connectivity index (χ4n) is 2.26. The standard InChI is InChI=1S/C18H11ClFN3O2S/c19-14-4-2-1-3-13(14)17-22-16(25-23-17)10-26-18-21-9-15(24-18)11-5-7-12(20)8-6-11/h1-9H,10H2. The summed E-state index contributed by atoms with van der Waals surface area (Å²) in [6.07, 6.45) is 1.60. The van der Waals surface area contributed by atoms with Gasteiger partial charge in [-0.3, -0.25) is 0 Å². The molecule has 0 radical (unpaired) electrons. The zero-order chi connectivity index (χ0) is 17.9. The smallest absolute Gasteiger partial charge is 0.256 e. The molecule has 26 heavy (non-hydrogen) atoms. The number of benzene rings is 2. The highest BCUT2D eigenvalue weighted by Gasteiger charge is 2.13. The van der Waals surface area contributed by atoms with Crippen molar-refractivity contribution < 1.29 is 13.3 Å². The van der Waals surface area contributed by atoms with E-state index in [-0.39, 0.29) is 5.82 Å². The van der Waals surface area contributed by atoms with E-state index in [0.29, 0.717) is 39.0 Å². The van der Waals surface area contributed by atoms with E-state index >= 15 is 0 Å². The minimum Gasteiger partial charge on any atom is -0.431 e. The van der Waals surface area contributed by atoms with Gasteiger partial charge in [0.25, 0.3) is 5.22 Å². The molecule has 4 rings (SSSR count). The molecule has 0 bridgehead atoms. The van der Waals surface area contributed by atoms with Gasteiger partial charge in [-0.05, 0) is 36.4 Å². The first-order valence-electron chi connectivity index (χ1n) is 7.61. The summed E-state index contributed by atoms with van der Waals surface area (Å²) >= 11 is 7.46. The molecule has 8 heteroatoms. The molecule has 0 fully saturated rings. The number of oxazole rings is 1. The van der Waals surface area contributed by atoms with E-state index in [1.807, 2.05) is 18.2 Å². The van der Waals surface area contributed by atoms with Gasteiger partial charge in [-0.1, -0.05) is 40.7 Å². The van der Waals surface area contributed by atoms with E-state index in [4.69, 9.17) is 20.5 Å². The Labute approximate surface area is 157 Å². The first-order valence-corrected chi connectivity index (χ1v) is 8.97. The first kappa shape index (κ1) is 16.8. The third-order valence-corrected chi connectivity index (χ3v) is 4.67. The van der Waals surface area contributed by atoms with Gasteiger partial charge in [0, 0.05) is 11.1 Å². The molecule has 4 aromatic rings. The summed E-state index contributed by atoms with van der Waals surface area (Å²) in [5.41, 5.74) is 1.47. The fraction of sp³-hybridized carbons (Fsp3) is 0.0556. The van der Waals surface area contributed by atoms with Gasteiger partial charge in [0.15, 0.2) is 5.76 Å². The van der Waals surface area contributed by atoms with Crippen LogP contribution >= 0.6 is 23.4 Å². The van der Waals surface area contributed by atoms with Crippen molar-refractivity contribution in [2.45, 2.75) is 11.0 Å². The molecule has 2 heterocycles. The molecule has 5 nitrogen and oxygen atoms in total. The quantitative estimate of drug-likeness (QED) is 0.423. The van der Waals surface area contributed by atoms with Gasteiger partial charge < -0.3 is 8.94 Å². The van der Waals surface area contributed by atoms with E-state index in [2.05, 4.69) is 15.1 Å². The van der Waals surface area contributed by atoms with E-state index in [9.17, 15) is 4.39 Å². The number of hydrogen-bond acceptors (Lipinski definition) is 6. The molecule has 0 amide bonds. The molecule has 0 aliphatic heterocycles. The predicted molar refractivity (Wildman–Crippen MR) is 96.2 cm³/mol. The van der Waals surface area contributed by atoms with Gasteiger partial charge >= 0.3 is 0 Å². The Morgan fingerprint density at radius 1 is 1.08 bits per heavy atom. The van der Waals surface area contributed by atoms with Crippen LogP contribution < -0.4 is 0 Å². The summed E-state index contributed by atoms with van der Waals surface area (Å²) in [5.74, 6) is 1.54. The lowest BCUT2D eigenvalue weighted by atomic mass is 10.2. The Kier molecular flexibility index (Phi) is 4.73. The molecule has 0 aliphatic rings. The summed E-state index contributed by atoms with van der Waals surface area (Å²) in [4.78, 5) is 8.54. The number of nitrogens with zero attached hydrogens (tertiary/aromatic N) is 3. The van der Waals surface area contributed by atoms with Crippen LogP contribution in [0, 0.1) is 5.82 Å². The predicted octanol–water partition coefficient (Wildman–Crippen LogP) is 5.48. The van der Waals surface area contributed by atoms with Crippen molar-refractivity contribution in [1.29, 1.82) is 0 Å². The van der Waals surface area contributed by atoms with Crippen LogP contribution in [0.3, 0.4) is 0 Å². The van der Waals surface area contributed by atoms with Gasteiger partial charge in [0.05, 0.1) is 17.0 Å². The molecule has 0 N–H and O–H groups in total. The Hall–Kier alpha value is -2.64. The van der Waals surface area contributed by atoms with Crippen molar-refractivity contribution in [1.82, 2.24) is 15.1 Å². The number of rotatable bonds is 5. The topological polar surface area (TPSA) is 65.0 Å². The summed E-state index contributed by atoms with van der Waals surface area (Å²) in [6, 6.07) is 13.3. The van der Waals surface area contributed by atoms with Crippen molar-refractivity contribution >= 4 is 23.4 Å². The molecule has 0 unspecified atom stereocenters. The maximum Gasteiger partial charge on any atom is 0.256 e. The Bertz CT molecular complexity index is 1030. The summed E-state index contributed by atoms with van der Waals surface area (Å²) in [5, 5.41) is 4.97. The van der Waals surface area contributed by atoms with Crippen LogP contribution in [0.5, 0.6) is 0 Å². The van der Waals surface area contributed by atoms with Gasteiger partial charge in [-0.2, -0.15) is 4.98 Å². The second-order valence-electron chi connectivity index (χ2n) is 5.28. The zero-order valence-corrected chi connectivity index (χ0v) is 14.8. The summed E-state index contributed by atoms with van der Waals surface area (Å²) in [7, 11) is 0. The normalized spacial score (nSPS) is 11.0. The fourth-order valence-corrected chi connectivity index (χ4v) is 3.12. The van der Waals surface area contributed by atoms with Crippen molar-refractivity contribution in [2.75, 3.05) is 0 Å². The van der Waals surface area contributed by atoms with E-state index in [1.54, 1.807) is 24.4 Å². The molecule has 0 atom stereocenters. The molecule has 0 aliphatic carbocycles. The first-order chi connectivity index (χ1) is 12.7. The van der Waals surface area contributed by atoms with Crippen molar-refractivity contribution in [3.05, 3.63) is 71.5 Å². The molecule has 0 saturated heterocycles. The van der Waals surface area contributed by atoms with Crippen LogP contribution in [0.1, 0.15) is 5.89 Å². The SMILES string of the molecule is Fc1ccc(-c2cnc(SCc3nc(-c4ccccc4Cl)no3)o2)cc1. The number of aromatic nitrogens is 3. The van der Waals surface area contributed by atoms with Crippen LogP contribution in [-0.2, 0) is 5.75 Å². The van der Waals surface area contributed by atoms with Crippen molar-refractivity contribution in [3.63, 3.8) is 0 Å². The van der Waals surface area contributed by atoms with E-state index < -0.39 is 0 Å². The zero-order valence-electron chi connectivity index (χ0n) is 13.2. The maximum absolute atomic E-state index is 13.0. The van der Waals surface area contributed by atoms with Crippen LogP contribution in [0.25, 0.3) is 22.7 Å². The molecule has 2 aromatic heterocycles. The lowest BCUT2D eigenvalue weighted by molar-refractivity contribution is 0.391. The Balaban J connectivity index is 1.44. The van der Waals surface area contributed by atoms with Crippen LogP contribution in [0.15, 0.2) is 68.9 Å². The Morgan fingerprint density at radius 3 is 2.69 bits per heavy atom. The monoisotopic (exact) mass is 387 g/mol. The molecule has 130 valence electrons. The van der Waals surface area contributed by atoms with Crippen molar-refractivity contribution in [3.8, 4) is 22.7 Å². The van der Waals surface area contributed by atoms with Gasteiger partial charge in [-0.15, -0.1) is 0 Å². The highest BCUT2D eigenvalue weighted by Crippen LogP contribution is 2.29. The van der Waals surface area contributed by atoms with Crippen LogP contribution in [-0.4, -0.2) is 15.1 Å². The molecule has 2 aromatic carbocycles. The van der Waals surface area contributed by atoms with Crippen molar-refractivity contribution in [2.24, 2.45) is 0 Å². The highest BCUT2D eigenvalue weighted by atomic mass is 35.5. The third-order valence-electron chi connectivity index (χ3n) is 3.52.